The second-order valence-corrected chi connectivity index (χ2v) is 8.11. The Kier molecular flexibility index (Phi) is 4.45. The number of sulfone groups is 1. The van der Waals surface area contributed by atoms with Gasteiger partial charge in [0.1, 0.15) is 5.82 Å². The van der Waals surface area contributed by atoms with Crippen molar-refractivity contribution in [3.63, 3.8) is 0 Å². The van der Waals surface area contributed by atoms with E-state index in [-0.39, 0.29) is 5.82 Å². The van der Waals surface area contributed by atoms with Crippen molar-refractivity contribution in [1.82, 2.24) is 4.57 Å². The van der Waals surface area contributed by atoms with Gasteiger partial charge in [0, 0.05) is 29.4 Å². The van der Waals surface area contributed by atoms with Crippen molar-refractivity contribution < 1.29 is 12.8 Å². The Morgan fingerprint density at radius 2 is 1.75 bits per heavy atom. The Hall–Kier alpha value is -2.14. The quantitative estimate of drug-likeness (QED) is 0.696. The number of halogens is 1. The van der Waals surface area contributed by atoms with Crippen molar-refractivity contribution in [2.45, 2.75) is 31.2 Å². The van der Waals surface area contributed by atoms with Crippen molar-refractivity contribution in [1.29, 1.82) is 0 Å². The van der Waals surface area contributed by atoms with Gasteiger partial charge in [-0.05, 0) is 48.4 Å². The summed E-state index contributed by atoms with van der Waals surface area (Å²) in [6.45, 7) is 2.75. The molecule has 24 heavy (non-hydrogen) atoms. The van der Waals surface area contributed by atoms with E-state index in [1.165, 1.54) is 18.4 Å². The summed E-state index contributed by atoms with van der Waals surface area (Å²) < 4.78 is 38.8. The summed E-state index contributed by atoms with van der Waals surface area (Å²) in [6.07, 6.45) is 3.12. The van der Waals surface area contributed by atoms with E-state index in [1.807, 2.05) is 6.07 Å². The number of benzene rings is 2. The largest absolute Gasteiger partial charge is 0.340 e. The zero-order valence-electron chi connectivity index (χ0n) is 13.8. The van der Waals surface area contributed by atoms with Crippen LogP contribution in [0.2, 0.25) is 0 Å². The third-order valence-corrected chi connectivity index (χ3v) is 5.26. The molecule has 0 aliphatic rings. The molecule has 1 aromatic heterocycles. The van der Waals surface area contributed by atoms with Crippen LogP contribution in [0.3, 0.4) is 0 Å². The summed E-state index contributed by atoms with van der Waals surface area (Å²) in [5.41, 5.74) is 3.16. The van der Waals surface area contributed by atoms with Gasteiger partial charge in [-0.1, -0.05) is 25.5 Å². The average Bonchev–Trinajstić information content (AvgIpc) is 2.86. The summed E-state index contributed by atoms with van der Waals surface area (Å²) in [6, 6.07) is 13.8. The van der Waals surface area contributed by atoms with Crippen LogP contribution in [0.5, 0.6) is 0 Å². The molecule has 2 aromatic carbocycles. The number of hydrogen-bond donors (Lipinski definition) is 0. The number of rotatable bonds is 5. The molecule has 1 heterocycles. The maximum absolute atomic E-state index is 13.1. The summed E-state index contributed by atoms with van der Waals surface area (Å²) in [5, 5.41) is 0.920. The van der Waals surface area contributed by atoms with E-state index in [0.29, 0.717) is 11.4 Å². The van der Waals surface area contributed by atoms with Crippen molar-refractivity contribution in [3.05, 3.63) is 65.6 Å². The lowest BCUT2D eigenvalue weighted by Crippen LogP contribution is -2.04. The number of hydrogen-bond acceptors (Lipinski definition) is 2. The highest BCUT2D eigenvalue weighted by atomic mass is 32.2. The van der Waals surface area contributed by atoms with E-state index in [1.54, 1.807) is 24.3 Å². The fourth-order valence-electron chi connectivity index (χ4n) is 2.96. The molecule has 3 nitrogen and oxygen atoms in total. The van der Waals surface area contributed by atoms with Gasteiger partial charge in [-0.2, -0.15) is 0 Å². The second kappa shape index (κ2) is 6.40. The smallest absolute Gasteiger partial charge is 0.175 e. The molecular weight excluding hydrogens is 325 g/mol. The lowest BCUT2D eigenvalue weighted by molar-refractivity contribution is 0.602. The van der Waals surface area contributed by atoms with Crippen molar-refractivity contribution >= 4 is 20.7 Å². The minimum Gasteiger partial charge on any atom is -0.340 e. The van der Waals surface area contributed by atoms with Gasteiger partial charge in [-0.15, -0.1) is 0 Å². The fourth-order valence-corrected chi connectivity index (χ4v) is 3.62. The topological polar surface area (TPSA) is 39.1 Å². The molecule has 0 aliphatic heterocycles. The zero-order valence-corrected chi connectivity index (χ0v) is 14.6. The highest BCUT2D eigenvalue weighted by Gasteiger charge is 2.13. The average molecular weight is 345 g/mol. The first kappa shape index (κ1) is 16.7. The maximum atomic E-state index is 13.1. The van der Waals surface area contributed by atoms with E-state index in [9.17, 15) is 12.8 Å². The Labute approximate surface area is 141 Å². The third kappa shape index (κ3) is 3.36. The molecular formula is C19H20FNO2S. The molecule has 0 amide bonds. The zero-order chi connectivity index (χ0) is 17.3. The van der Waals surface area contributed by atoms with Crippen LogP contribution < -0.4 is 0 Å². The van der Waals surface area contributed by atoms with Gasteiger partial charge < -0.3 is 4.57 Å². The Bertz CT molecular complexity index is 973. The Balaban J connectivity index is 2.10. The molecule has 0 fully saturated rings. The molecule has 0 unspecified atom stereocenters. The minimum atomic E-state index is -3.22. The van der Waals surface area contributed by atoms with Crippen molar-refractivity contribution in [2.24, 2.45) is 0 Å². The van der Waals surface area contributed by atoms with E-state index < -0.39 is 9.84 Å². The van der Waals surface area contributed by atoms with Crippen molar-refractivity contribution in [3.8, 4) is 0 Å². The second-order valence-electron chi connectivity index (χ2n) is 6.09. The highest BCUT2D eigenvalue weighted by molar-refractivity contribution is 7.90. The fraction of sp³-hybridized carbons (Fsp3) is 0.263. The van der Waals surface area contributed by atoms with E-state index >= 15 is 0 Å². The number of fused-ring (bicyclic) bond motifs is 1. The third-order valence-electron chi connectivity index (χ3n) is 4.15. The minimum absolute atomic E-state index is 0.248. The summed E-state index contributed by atoms with van der Waals surface area (Å²) in [7, 11) is -3.22. The van der Waals surface area contributed by atoms with Crippen LogP contribution in [0.4, 0.5) is 4.39 Å². The van der Waals surface area contributed by atoms with Gasteiger partial charge in [-0.3, -0.25) is 0 Å². The lowest BCUT2D eigenvalue weighted by atomic mass is 10.2. The van der Waals surface area contributed by atoms with E-state index in [4.69, 9.17) is 0 Å². The standard InChI is InChI=1S/C19H20FNO2S/c1-3-4-17-11-15-12-18(24(2,22)23)9-10-19(15)21(17)13-14-5-7-16(20)8-6-14/h5-12H,3-4,13H2,1-2H3. The van der Waals surface area contributed by atoms with Gasteiger partial charge >= 0.3 is 0 Å². The molecule has 0 radical (unpaired) electrons. The number of aryl methyl sites for hydroxylation is 1. The maximum Gasteiger partial charge on any atom is 0.175 e. The molecule has 5 heteroatoms. The van der Waals surface area contributed by atoms with Crippen LogP contribution in [-0.2, 0) is 22.8 Å². The van der Waals surface area contributed by atoms with E-state index in [2.05, 4.69) is 17.6 Å². The summed E-state index contributed by atoms with van der Waals surface area (Å²) in [5.74, 6) is -0.248. The predicted octanol–water partition coefficient (Wildman–Crippen LogP) is 4.18. The van der Waals surface area contributed by atoms with Crippen LogP contribution in [0.25, 0.3) is 10.9 Å². The van der Waals surface area contributed by atoms with Gasteiger partial charge in [0.05, 0.1) is 4.90 Å². The molecule has 3 aromatic rings. The molecule has 0 saturated carbocycles. The lowest BCUT2D eigenvalue weighted by Gasteiger charge is -2.11. The van der Waals surface area contributed by atoms with Crippen LogP contribution >= 0.6 is 0 Å². The number of aromatic nitrogens is 1. The normalized spacial score (nSPS) is 12.0. The first-order valence-corrected chi connectivity index (χ1v) is 9.84. The molecule has 126 valence electrons. The van der Waals surface area contributed by atoms with Crippen LogP contribution in [0, 0.1) is 5.82 Å². The molecule has 0 spiro atoms. The number of nitrogens with zero attached hydrogens (tertiary/aromatic N) is 1. The van der Waals surface area contributed by atoms with Gasteiger partial charge in [0.15, 0.2) is 9.84 Å². The van der Waals surface area contributed by atoms with Crippen LogP contribution in [-0.4, -0.2) is 19.2 Å². The molecule has 0 saturated heterocycles. The molecule has 0 aliphatic carbocycles. The summed E-state index contributed by atoms with van der Waals surface area (Å²) >= 11 is 0. The SMILES string of the molecule is CCCc1cc2cc(S(C)(=O)=O)ccc2n1Cc1ccc(F)cc1. The molecule has 0 N–H and O–H groups in total. The Morgan fingerprint density at radius 3 is 2.38 bits per heavy atom. The molecule has 0 bridgehead atoms. The van der Waals surface area contributed by atoms with Crippen LogP contribution in [0.1, 0.15) is 24.6 Å². The molecule has 3 rings (SSSR count). The first-order valence-electron chi connectivity index (χ1n) is 7.95. The summed E-state index contributed by atoms with van der Waals surface area (Å²) in [4.78, 5) is 0.331. The van der Waals surface area contributed by atoms with Gasteiger partial charge in [0.25, 0.3) is 0 Å². The predicted molar refractivity (Wildman–Crippen MR) is 94.5 cm³/mol. The molecule has 0 atom stereocenters. The van der Waals surface area contributed by atoms with E-state index in [0.717, 1.165) is 35.0 Å². The highest BCUT2D eigenvalue weighted by Crippen LogP contribution is 2.25. The first-order chi connectivity index (χ1) is 11.4. The Morgan fingerprint density at radius 1 is 1.04 bits per heavy atom. The van der Waals surface area contributed by atoms with Gasteiger partial charge in [-0.25, -0.2) is 12.8 Å². The van der Waals surface area contributed by atoms with Gasteiger partial charge in [0.2, 0.25) is 0 Å². The van der Waals surface area contributed by atoms with Crippen molar-refractivity contribution in [2.75, 3.05) is 6.26 Å². The van der Waals surface area contributed by atoms with Crippen LogP contribution in [0.15, 0.2) is 53.4 Å². The monoisotopic (exact) mass is 345 g/mol.